The molecule has 2 saturated heterocycles. The third kappa shape index (κ3) is 6.34. The van der Waals surface area contributed by atoms with E-state index in [2.05, 4.69) is 44.1 Å². The van der Waals surface area contributed by atoms with Crippen LogP contribution in [0.4, 0.5) is 5.82 Å². The van der Waals surface area contributed by atoms with Crippen LogP contribution in [0.1, 0.15) is 49.0 Å². The van der Waals surface area contributed by atoms with Crippen LogP contribution in [0.5, 0.6) is 0 Å². The van der Waals surface area contributed by atoms with E-state index in [-0.39, 0.29) is 36.6 Å². The number of fused-ring (bicyclic) bond motifs is 1. The molecule has 6 atom stereocenters. The first-order valence-corrected chi connectivity index (χ1v) is 15.0. The molecule has 0 radical (unpaired) electrons. The molecule has 2 aliphatic heterocycles. The van der Waals surface area contributed by atoms with Crippen LogP contribution in [0.15, 0.2) is 67.0 Å². The average molecular weight is 634 g/mol. The molecule has 13 heteroatoms. The number of hydrogen-bond acceptors (Lipinski definition) is 9. The highest BCUT2D eigenvalue weighted by Crippen LogP contribution is 2.46. The van der Waals surface area contributed by atoms with Gasteiger partial charge in [0.1, 0.15) is 12.8 Å². The van der Waals surface area contributed by atoms with Gasteiger partial charge in [-0.25, -0.2) is 4.98 Å². The number of esters is 1. The van der Waals surface area contributed by atoms with Crippen molar-refractivity contribution < 1.29 is 34.1 Å². The molecule has 0 spiro atoms. The molecule has 2 fully saturated rings. The maximum absolute atomic E-state index is 11.9. The number of carboxylic acid groups (broad SMARTS) is 2. The van der Waals surface area contributed by atoms with Crippen molar-refractivity contribution in [2.24, 2.45) is 11.8 Å². The van der Waals surface area contributed by atoms with E-state index in [0.29, 0.717) is 30.1 Å². The Labute approximate surface area is 263 Å². The second-order valence-corrected chi connectivity index (χ2v) is 11.8. The quantitative estimate of drug-likeness (QED) is 0.187. The molecule has 0 saturated carbocycles. The summed E-state index contributed by atoms with van der Waals surface area (Å²) in [5.74, 6) is -3.48. The number of benzene rings is 2. The molecule has 4 aromatic rings. The Morgan fingerprint density at radius 1 is 0.911 bits per heavy atom. The molecule has 0 bridgehead atoms. The summed E-state index contributed by atoms with van der Waals surface area (Å²) in [6, 6.07) is 20.6. The van der Waals surface area contributed by atoms with Gasteiger partial charge >= 0.3 is 17.9 Å². The molecular weight excluding hydrogens is 602 g/mol. The number of rotatable bonds is 10. The van der Waals surface area contributed by atoms with Gasteiger partial charge in [-0.3, -0.25) is 19.0 Å². The summed E-state index contributed by atoms with van der Waals surface area (Å²) in [6.07, 6.45) is -1.07. The van der Waals surface area contributed by atoms with Gasteiger partial charge in [-0.05, 0) is 22.7 Å². The van der Waals surface area contributed by atoms with Gasteiger partial charge in [-0.1, -0.05) is 60.7 Å². The topological polar surface area (TPSA) is 157 Å². The number of carbonyl (C=O) groups excluding carboxylic acids is 1. The number of carbonyl (C=O) groups is 3. The van der Waals surface area contributed by atoms with Crippen LogP contribution < -0.4 is 4.90 Å². The standard InChI is InChI=1S/C32H32ClN5O7/c1-18(39)44-16-25-21(12-26(40)41)22(13-27(42)43)31(45-25)38-17-34-28-29(35-32(33)36-30(28)38)37-14-23(19-8-4-2-5-9-19)24(15-37)20-10-6-3-7-11-20/h2-11,17,21-25,31H,12-16H2,1H3,(H,40,41)(H,42,43)/t21?,22?,23?,24?,25-,31?/m0/s1. The van der Waals surface area contributed by atoms with E-state index in [1.807, 2.05) is 36.4 Å². The zero-order valence-electron chi connectivity index (χ0n) is 24.4. The van der Waals surface area contributed by atoms with Crippen molar-refractivity contribution in [1.29, 1.82) is 0 Å². The van der Waals surface area contributed by atoms with Gasteiger partial charge in [0.05, 0.1) is 25.3 Å². The second kappa shape index (κ2) is 12.8. The van der Waals surface area contributed by atoms with Crippen molar-refractivity contribution in [3.05, 3.63) is 83.4 Å². The lowest BCUT2D eigenvalue weighted by atomic mass is 9.84. The van der Waals surface area contributed by atoms with Crippen LogP contribution in [-0.2, 0) is 23.9 Å². The highest BCUT2D eigenvalue weighted by molar-refractivity contribution is 6.28. The van der Waals surface area contributed by atoms with Crippen molar-refractivity contribution in [1.82, 2.24) is 19.5 Å². The van der Waals surface area contributed by atoms with Crippen LogP contribution in [0.3, 0.4) is 0 Å². The molecule has 2 aromatic carbocycles. The van der Waals surface area contributed by atoms with E-state index in [1.165, 1.54) is 24.4 Å². The number of imidazole rings is 1. The summed E-state index contributed by atoms with van der Waals surface area (Å²) < 4.78 is 13.0. The smallest absolute Gasteiger partial charge is 0.303 e. The average Bonchev–Trinajstić information content (AvgIpc) is 3.72. The number of ether oxygens (including phenoxy) is 2. The number of carboxylic acids is 2. The maximum Gasteiger partial charge on any atom is 0.303 e. The first-order chi connectivity index (χ1) is 21.7. The van der Waals surface area contributed by atoms with E-state index >= 15 is 0 Å². The molecule has 2 aromatic heterocycles. The fourth-order valence-electron chi connectivity index (χ4n) is 6.78. The normalized spacial score (nSPS) is 24.6. The molecule has 2 N–H and O–H groups in total. The highest BCUT2D eigenvalue weighted by atomic mass is 35.5. The Hall–Kier alpha value is -4.55. The van der Waals surface area contributed by atoms with E-state index < -0.39 is 42.1 Å². The number of anilines is 1. The molecule has 45 heavy (non-hydrogen) atoms. The van der Waals surface area contributed by atoms with E-state index in [1.54, 1.807) is 4.57 Å². The lowest BCUT2D eigenvalue weighted by Crippen LogP contribution is -2.29. The molecule has 6 rings (SSSR count). The summed E-state index contributed by atoms with van der Waals surface area (Å²) in [7, 11) is 0. The number of halogens is 1. The number of nitrogens with zero attached hydrogens (tertiary/aromatic N) is 5. The Balaban J connectivity index is 1.39. The zero-order chi connectivity index (χ0) is 31.7. The fraction of sp³-hybridized carbons (Fsp3) is 0.375. The number of hydrogen-bond donors (Lipinski definition) is 2. The van der Waals surface area contributed by atoms with E-state index in [9.17, 15) is 24.6 Å². The van der Waals surface area contributed by atoms with Crippen molar-refractivity contribution >= 4 is 46.5 Å². The van der Waals surface area contributed by atoms with Crippen LogP contribution in [-0.4, -0.2) is 73.4 Å². The maximum atomic E-state index is 11.9. The van der Waals surface area contributed by atoms with Gasteiger partial charge < -0.3 is 24.6 Å². The minimum Gasteiger partial charge on any atom is -0.481 e. The minimum atomic E-state index is -1.12. The predicted octanol–water partition coefficient (Wildman–Crippen LogP) is 4.51. The monoisotopic (exact) mass is 633 g/mol. The third-order valence-corrected chi connectivity index (χ3v) is 8.87. The fourth-order valence-corrected chi connectivity index (χ4v) is 6.94. The molecule has 234 valence electrons. The van der Waals surface area contributed by atoms with Gasteiger partial charge in [0, 0.05) is 43.7 Å². The Kier molecular flexibility index (Phi) is 8.68. The molecule has 0 amide bonds. The summed E-state index contributed by atoms with van der Waals surface area (Å²) >= 11 is 6.52. The first-order valence-electron chi connectivity index (χ1n) is 14.7. The molecule has 12 nitrogen and oxygen atoms in total. The van der Waals surface area contributed by atoms with Gasteiger partial charge in [0.15, 0.2) is 17.0 Å². The van der Waals surface area contributed by atoms with Gasteiger partial charge in [0.25, 0.3) is 0 Å². The second-order valence-electron chi connectivity index (χ2n) is 11.5. The van der Waals surface area contributed by atoms with Crippen LogP contribution >= 0.6 is 11.6 Å². The van der Waals surface area contributed by atoms with Crippen molar-refractivity contribution in [3.63, 3.8) is 0 Å². The summed E-state index contributed by atoms with van der Waals surface area (Å²) in [6.45, 7) is 2.31. The Morgan fingerprint density at radius 3 is 2.04 bits per heavy atom. The van der Waals surface area contributed by atoms with Gasteiger partial charge in [-0.2, -0.15) is 9.97 Å². The third-order valence-electron chi connectivity index (χ3n) is 8.70. The summed E-state index contributed by atoms with van der Waals surface area (Å²) in [5, 5.41) is 19.4. The Bertz CT molecular complexity index is 1650. The van der Waals surface area contributed by atoms with Crippen LogP contribution in [0, 0.1) is 11.8 Å². The van der Waals surface area contributed by atoms with Crippen molar-refractivity contribution in [2.45, 2.75) is 43.9 Å². The molecule has 5 unspecified atom stereocenters. The SMILES string of the molecule is CC(=O)OC[C@@H]1OC(n2cnc3c(N4CC(c5ccccc5)C(c5ccccc5)C4)nc(Cl)nc32)C(CC(=O)O)C1CC(=O)O. The van der Waals surface area contributed by atoms with Crippen LogP contribution in [0.2, 0.25) is 5.28 Å². The van der Waals surface area contributed by atoms with E-state index in [0.717, 1.165) is 0 Å². The summed E-state index contributed by atoms with van der Waals surface area (Å²) in [5.41, 5.74) is 3.19. The lowest BCUT2D eigenvalue weighted by molar-refractivity contribution is -0.147. The van der Waals surface area contributed by atoms with Crippen LogP contribution in [0.25, 0.3) is 11.2 Å². The first kappa shape index (κ1) is 30.5. The zero-order valence-corrected chi connectivity index (χ0v) is 25.2. The van der Waals surface area contributed by atoms with Crippen molar-refractivity contribution in [3.8, 4) is 0 Å². The van der Waals surface area contributed by atoms with Gasteiger partial charge in [0.2, 0.25) is 5.28 Å². The number of aromatic nitrogens is 4. The molecular formula is C32H32ClN5O7. The number of aliphatic carboxylic acids is 2. The minimum absolute atomic E-state index is 0.0231. The predicted molar refractivity (Wildman–Crippen MR) is 163 cm³/mol. The largest absolute Gasteiger partial charge is 0.481 e. The van der Waals surface area contributed by atoms with E-state index in [4.69, 9.17) is 21.1 Å². The molecule has 2 aliphatic rings. The highest BCUT2D eigenvalue weighted by Gasteiger charge is 2.48. The van der Waals surface area contributed by atoms with Crippen molar-refractivity contribution in [2.75, 3.05) is 24.6 Å². The lowest BCUT2D eigenvalue weighted by Gasteiger charge is -2.22. The van der Waals surface area contributed by atoms with Gasteiger partial charge in [-0.15, -0.1) is 0 Å². The molecule has 4 heterocycles. The Morgan fingerprint density at radius 2 is 1.49 bits per heavy atom. The summed E-state index contributed by atoms with van der Waals surface area (Å²) in [4.78, 5) is 51.2. The molecule has 0 aliphatic carbocycles.